The van der Waals surface area contributed by atoms with Crippen molar-refractivity contribution in [3.05, 3.63) is 176 Å². The van der Waals surface area contributed by atoms with Gasteiger partial charge >= 0.3 is 0 Å². The van der Waals surface area contributed by atoms with Gasteiger partial charge in [0, 0.05) is 37.2 Å². The molecule has 55 heavy (non-hydrogen) atoms. The third kappa shape index (κ3) is 4.51. The maximum atomic E-state index is 7.03. The number of para-hydroxylation sites is 1. The van der Waals surface area contributed by atoms with Crippen LogP contribution in [0.1, 0.15) is 0 Å². The average Bonchev–Trinajstić information content (AvgIpc) is 3.93. The Hall–Kier alpha value is -7.08. The molecular weight excluding hydrogens is 691 g/mol. The first-order chi connectivity index (χ1) is 27.3. The molecule has 0 aliphatic heterocycles. The predicted molar refractivity (Wildman–Crippen MR) is 230 cm³/mol. The van der Waals surface area contributed by atoms with Gasteiger partial charge in [0.15, 0.2) is 0 Å². The second-order valence-corrected chi connectivity index (χ2v) is 15.1. The molecule has 0 spiro atoms. The van der Waals surface area contributed by atoms with Gasteiger partial charge in [0.2, 0.25) is 5.95 Å². The molecular formula is C50H29N3OS. The van der Waals surface area contributed by atoms with Crippen molar-refractivity contribution < 1.29 is 4.42 Å². The fourth-order valence-corrected chi connectivity index (χ4v) is 9.66. The summed E-state index contributed by atoms with van der Waals surface area (Å²) in [6.07, 6.45) is 0. The first kappa shape index (κ1) is 30.4. The predicted octanol–water partition coefficient (Wildman–Crippen LogP) is 14.0. The second-order valence-electron chi connectivity index (χ2n) is 14.1. The van der Waals surface area contributed by atoms with E-state index < -0.39 is 0 Å². The number of benzene rings is 8. The van der Waals surface area contributed by atoms with Gasteiger partial charge in [-0.1, -0.05) is 146 Å². The van der Waals surface area contributed by atoms with Crippen molar-refractivity contribution in [2.45, 2.75) is 0 Å². The maximum Gasteiger partial charge on any atom is 0.235 e. The molecule has 4 aromatic heterocycles. The number of rotatable bonds is 4. The highest BCUT2D eigenvalue weighted by Crippen LogP contribution is 2.45. The molecule has 0 aliphatic carbocycles. The smallest absolute Gasteiger partial charge is 0.235 e. The van der Waals surface area contributed by atoms with Crippen molar-refractivity contribution in [2.75, 3.05) is 0 Å². The van der Waals surface area contributed by atoms with E-state index >= 15 is 0 Å². The second kappa shape index (κ2) is 11.7. The Balaban J connectivity index is 1.14. The lowest BCUT2D eigenvalue weighted by Crippen LogP contribution is -2.02. The van der Waals surface area contributed by atoms with Gasteiger partial charge in [0.25, 0.3) is 0 Å². The fraction of sp³-hybridized carbons (Fsp3) is 0. The van der Waals surface area contributed by atoms with E-state index in [0.29, 0.717) is 5.95 Å². The number of furan rings is 1. The molecule has 12 rings (SSSR count). The van der Waals surface area contributed by atoms with Gasteiger partial charge in [-0.2, -0.15) is 0 Å². The minimum atomic E-state index is 0.636. The zero-order chi connectivity index (χ0) is 36.0. The van der Waals surface area contributed by atoms with Crippen molar-refractivity contribution in [1.82, 2.24) is 14.5 Å². The van der Waals surface area contributed by atoms with Crippen LogP contribution in [0.3, 0.4) is 0 Å². The number of nitrogens with zero attached hydrogens (tertiary/aromatic N) is 3. The van der Waals surface area contributed by atoms with Crippen LogP contribution in [-0.2, 0) is 0 Å². The van der Waals surface area contributed by atoms with Crippen molar-refractivity contribution in [3.8, 4) is 39.5 Å². The molecule has 0 saturated heterocycles. The summed E-state index contributed by atoms with van der Waals surface area (Å²) in [5.41, 5.74) is 11.5. The number of thiophene rings is 1. The molecule has 0 bridgehead atoms. The number of aromatic nitrogens is 3. The highest BCUT2D eigenvalue weighted by Gasteiger charge is 2.23. The summed E-state index contributed by atoms with van der Waals surface area (Å²) >= 11 is 1.75. The van der Waals surface area contributed by atoms with Crippen molar-refractivity contribution in [3.63, 3.8) is 0 Å². The van der Waals surface area contributed by atoms with E-state index in [9.17, 15) is 0 Å². The lowest BCUT2D eigenvalue weighted by molar-refractivity contribution is 0.676. The Kier molecular flexibility index (Phi) is 6.47. The van der Waals surface area contributed by atoms with Gasteiger partial charge < -0.3 is 4.42 Å². The lowest BCUT2D eigenvalue weighted by atomic mass is 9.95. The highest BCUT2D eigenvalue weighted by molar-refractivity contribution is 7.26. The molecule has 0 fully saturated rings. The average molecular weight is 720 g/mol. The molecule has 0 amide bonds. The quantitative estimate of drug-likeness (QED) is 0.182. The number of hydrogen-bond acceptors (Lipinski definition) is 4. The van der Waals surface area contributed by atoms with Gasteiger partial charge in [0.05, 0.1) is 32.3 Å². The monoisotopic (exact) mass is 719 g/mol. The molecule has 4 heterocycles. The van der Waals surface area contributed by atoms with Gasteiger partial charge in [-0.3, -0.25) is 4.57 Å². The molecule has 5 heteroatoms. The molecule has 0 saturated carbocycles. The van der Waals surface area contributed by atoms with Crippen LogP contribution >= 0.6 is 11.3 Å². The Morgan fingerprint density at radius 2 is 1.05 bits per heavy atom. The van der Waals surface area contributed by atoms with E-state index in [-0.39, 0.29) is 0 Å². The molecule has 256 valence electrons. The molecule has 12 aromatic rings. The van der Waals surface area contributed by atoms with Crippen molar-refractivity contribution in [1.29, 1.82) is 0 Å². The van der Waals surface area contributed by atoms with Crippen LogP contribution in [0.2, 0.25) is 0 Å². The molecule has 0 N–H and O–H groups in total. The summed E-state index contributed by atoms with van der Waals surface area (Å²) in [6, 6.07) is 62.3. The van der Waals surface area contributed by atoms with Crippen LogP contribution in [0.15, 0.2) is 180 Å². The molecule has 0 unspecified atom stereocenters. The number of fused-ring (bicyclic) bond motifs is 12. The first-order valence-corrected chi connectivity index (χ1v) is 19.3. The van der Waals surface area contributed by atoms with Gasteiger partial charge in [-0.25, -0.2) is 9.97 Å². The van der Waals surface area contributed by atoms with E-state index in [1.165, 1.54) is 32.3 Å². The van der Waals surface area contributed by atoms with Crippen LogP contribution in [0.5, 0.6) is 0 Å². The minimum absolute atomic E-state index is 0.636. The fourth-order valence-electron chi connectivity index (χ4n) is 8.51. The molecule has 0 aliphatic rings. The van der Waals surface area contributed by atoms with E-state index in [2.05, 4.69) is 180 Å². The van der Waals surface area contributed by atoms with Crippen molar-refractivity contribution in [2.24, 2.45) is 0 Å². The normalized spacial score (nSPS) is 12.0. The summed E-state index contributed by atoms with van der Waals surface area (Å²) in [5, 5.41) is 7.77. The maximum absolute atomic E-state index is 7.03. The van der Waals surface area contributed by atoms with Gasteiger partial charge in [-0.15, -0.1) is 11.3 Å². The first-order valence-electron chi connectivity index (χ1n) is 18.5. The molecule has 0 atom stereocenters. The summed E-state index contributed by atoms with van der Waals surface area (Å²) in [4.78, 5) is 10.9. The standard InChI is InChI=1S/C50H29N3OS/c1-3-13-30(14-4-1)31-23-25-33(26-24-31)45-49-46(38-20-10-12-22-43(38)55-49)52-50(51-45)53-41-21-11-9-19-37(41)44-42(53)28-27-36-40-29-39(32-15-5-2-6-16-32)34-17-7-8-18-35(34)47(40)54-48(36)44/h1-29H. The zero-order valence-electron chi connectivity index (χ0n) is 29.4. The Bertz CT molecular complexity index is 3470. The highest BCUT2D eigenvalue weighted by atomic mass is 32.1. The van der Waals surface area contributed by atoms with Crippen LogP contribution in [0, 0.1) is 0 Å². The molecule has 8 aromatic carbocycles. The lowest BCUT2D eigenvalue weighted by Gasteiger charge is -2.10. The Labute approximate surface area is 319 Å². The third-order valence-corrected chi connectivity index (χ3v) is 12.2. The number of hydrogen-bond donors (Lipinski definition) is 0. The van der Waals surface area contributed by atoms with E-state index in [1.54, 1.807) is 11.3 Å². The van der Waals surface area contributed by atoms with Gasteiger partial charge in [-0.05, 0) is 58.0 Å². The summed E-state index contributed by atoms with van der Waals surface area (Å²) < 4.78 is 11.5. The Morgan fingerprint density at radius 1 is 0.436 bits per heavy atom. The third-order valence-electron chi connectivity index (χ3n) is 11.0. The van der Waals surface area contributed by atoms with E-state index in [1.807, 2.05) is 0 Å². The summed E-state index contributed by atoms with van der Waals surface area (Å²) in [6.45, 7) is 0. The Morgan fingerprint density at radius 3 is 1.85 bits per heavy atom. The van der Waals surface area contributed by atoms with Crippen LogP contribution in [0.4, 0.5) is 0 Å². The van der Waals surface area contributed by atoms with Gasteiger partial charge in [0.1, 0.15) is 11.2 Å². The van der Waals surface area contributed by atoms with Crippen LogP contribution in [0.25, 0.3) is 114 Å². The van der Waals surface area contributed by atoms with Crippen LogP contribution in [-0.4, -0.2) is 14.5 Å². The minimum Gasteiger partial charge on any atom is -0.455 e. The van der Waals surface area contributed by atoms with E-state index in [4.69, 9.17) is 14.4 Å². The van der Waals surface area contributed by atoms with Crippen molar-refractivity contribution >= 4 is 86.2 Å². The summed E-state index contributed by atoms with van der Waals surface area (Å²) in [7, 11) is 0. The SMILES string of the molecule is c1ccc(-c2ccc(-c3nc(-n4c5ccccc5c5c6oc7c8ccccc8c(-c8ccccc8)cc7c6ccc54)nc4c3sc3ccccc34)cc2)cc1. The van der Waals surface area contributed by atoms with Crippen LogP contribution < -0.4 is 0 Å². The molecule has 4 nitrogen and oxygen atoms in total. The van der Waals surface area contributed by atoms with E-state index in [0.717, 1.165) is 76.0 Å². The largest absolute Gasteiger partial charge is 0.455 e. The molecule has 0 radical (unpaired) electrons. The zero-order valence-corrected chi connectivity index (χ0v) is 30.2. The summed E-state index contributed by atoms with van der Waals surface area (Å²) in [5.74, 6) is 0.636. The topological polar surface area (TPSA) is 43.9 Å².